The second-order valence-electron chi connectivity index (χ2n) is 6.80. The van der Waals surface area contributed by atoms with E-state index in [0.717, 1.165) is 18.2 Å². The van der Waals surface area contributed by atoms with Crippen molar-refractivity contribution < 1.29 is 18.4 Å². The van der Waals surface area contributed by atoms with Crippen molar-refractivity contribution >= 4 is 11.7 Å². The molecule has 22 heavy (non-hydrogen) atoms. The number of benzene rings is 1. The Kier molecular flexibility index (Phi) is 3.38. The molecule has 0 bridgehead atoms. The Labute approximate surface area is 127 Å². The van der Waals surface area contributed by atoms with E-state index in [1.807, 2.05) is 13.8 Å². The van der Waals surface area contributed by atoms with Crippen molar-refractivity contribution in [3.63, 3.8) is 0 Å². The number of rotatable bonds is 1. The summed E-state index contributed by atoms with van der Waals surface area (Å²) in [5, 5.41) is 2.74. The smallest absolute Gasteiger partial charge is 0.225 e. The third-order valence-electron chi connectivity index (χ3n) is 4.28. The molecule has 0 saturated heterocycles. The standard InChI is InChI=1S/C17H17F2NO2/c1-17(2)7-13-16(14(21)8-17)11(6-15(22)20-13)10-5-9(18)3-4-12(10)19/h3-5,11H,6-8H2,1-2H3,(H,20,22)/t11-/m0/s1. The van der Waals surface area contributed by atoms with Gasteiger partial charge >= 0.3 is 0 Å². The van der Waals surface area contributed by atoms with Gasteiger partial charge in [0, 0.05) is 30.0 Å². The third kappa shape index (κ3) is 2.56. The number of carbonyl (C=O) groups excluding carboxylic acids is 2. The van der Waals surface area contributed by atoms with Crippen molar-refractivity contribution in [1.29, 1.82) is 0 Å². The Morgan fingerprint density at radius 1 is 1.18 bits per heavy atom. The summed E-state index contributed by atoms with van der Waals surface area (Å²) in [5.41, 5.74) is 0.830. The van der Waals surface area contributed by atoms with E-state index in [0.29, 0.717) is 24.1 Å². The minimum atomic E-state index is -0.706. The monoisotopic (exact) mass is 305 g/mol. The maximum atomic E-state index is 14.1. The Morgan fingerprint density at radius 2 is 1.91 bits per heavy atom. The Balaban J connectivity index is 2.13. The molecule has 2 aliphatic rings. The van der Waals surface area contributed by atoms with Gasteiger partial charge in [0.15, 0.2) is 5.78 Å². The number of Topliss-reactive ketones (excluding diaryl/α,β-unsaturated/α-hetero) is 1. The van der Waals surface area contributed by atoms with E-state index < -0.39 is 17.6 Å². The summed E-state index contributed by atoms with van der Waals surface area (Å²) in [6.07, 6.45) is 0.855. The highest BCUT2D eigenvalue weighted by Crippen LogP contribution is 2.44. The average Bonchev–Trinajstić information content (AvgIpc) is 2.38. The minimum Gasteiger partial charge on any atom is -0.329 e. The molecule has 0 spiro atoms. The number of hydrogen-bond donors (Lipinski definition) is 1. The Bertz CT molecular complexity index is 707. The number of nitrogens with one attached hydrogen (secondary N) is 1. The number of amides is 1. The maximum Gasteiger partial charge on any atom is 0.225 e. The molecule has 5 heteroatoms. The molecule has 116 valence electrons. The van der Waals surface area contributed by atoms with E-state index in [1.165, 1.54) is 0 Å². The molecule has 0 fully saturated rings. The SMILES string of the molecule is CC1(C)CC(=O)C2=C(C1)NC(=O)C[C@H]2c1cc(F)ccc1F. The van der Waals surface area contributed by atoms with E-state index in [2.05, 4.69) is 5.32 Å². The van der Waals surface area contributed by atoms with Gasteiger partial charge in [-0.15, -0.1) is 0 Å². The summed E-state index contributed by atoms with van der Waals surface area (Å²) in [7, 11) is 0. The topological polar surface area (TPSA) is 46.2 Å². The van der Waals surface area contributed by atoms with Gasteiger partial charge in [-0.25, -0.2) is 8.78 Å². The van der Waals surface area contributed by atoms with E-state index in [9.17, 15) is 18.4 Å². The van der Waals surface area contributed by atoms with Crippen LogP contribution in [-0.2, 0) is 9.59 Å². The summed E-state index contributed by atoms with van der Waals surface area (Å²) in [6.45, 7) is 3.90. The van der Waals surface area contributed by atoms with Gasteiger partial charge in [0.1, 0.15) is 11.6 Å². The molecule has 1 aromatic rings. The summed E-state index contributed by atoms with van der Waals surface area (Å²) in [5.74, 6) is -2.24. The van der Waals surface area contributed by atoms with Crippen LogP contribution in [0.4, 0.5) is 8.78 Å². The highest BCUT2D eigenvalue weighted by Gasteiger charge is 2.41. The fraction of sp³-hybridized carbons (Fsp3) is 0.412. The summed E-state index contributed by atoms with van der Waals surface area (Å²) in [6, 6.07) is 3.15. The molecule has 1 atom stereocenters. The van der Waals surface area contributed by atoms with Crippen LogP contribution in [0.1, 0.15) is 44.6 Å². The molecule has 0 saturated carbocycles. The van der Waals surface area contributed by atoms with E-state index in [4.69, 9.17) is 0 Å². The Hall–Kier alpha value is -2.04. The highest BCUT2D eigenvalue weighted by atomic mass is 19.1. The predicted molar refractivity (Wildman–Crippen MR) is 76.9 cm³/mol. The van der Waals surface area contributed by atoms with Crippen LogP contribution in [0.25, 0.3) is 0 Å². The van der Waals surface area contributed by atoms with E-state index in [1.54, 1.807) is 0 Å². The molecule has 3 rings (SSSR count). The normalized spacial score (nSPS) is 24.1. The first-order valence-electron chi connectivity index (χ1n) is 7.28. The number of halogens is 2. The number of hydrogen-bond acceptors (Lipinski definition) is 2. The molecular formula is C17H17F2NO2. The molecule has 0 unspecified atom stereocenters. The lowest BCUT2D eigenvalue weighted by Gasteiger charge is -2.37. The highest BCUT2D eigenvalue weighted by molar-refractivity contribution is 6.02. The largest absolute Gasteiger partial charge is 0.329 e. The van der Waals surface area contributed by atoms with Crippen molar-refractivity contribution in [1.82, 2.24) is 5.32 Å². The molecule has 1 heterocycles. The molecule has 0 aromatic heterocycles. The van der Waals surface area contributed by atoms with Crippen molar-refractivity contribution in [2.24, 2.45) is 5.41 Å². The zero-order chi connectivity index (χ0) is 16.1. The molecule has 1 aliphatic heterocycles. The van der Waals surface area contributed by atoms with Crippen molar-refractivity contribution in [3.05, 3.63) is 46.7 Å². The quantitative estimate of drug-likeness (QED) is 0.866. The lowest BCUT2D eigenvalue weighted by molar-refractivity contribution is -0.122. The number of allylic oxidation sites excluding steroid dienone is 2. The van der Waals surface area contributed by atoms with Crippen LogP contribution in [0.15, 0.2) is 29.5 Å². The van der Waals surface area contributed by atoms with Gasteiger partial charge in [-0.3, -0.25) is 9.59 Å². The van der Waals surface area contributed by atoms with Crippen molar-refractivity contribution in [2.45, 2.75) is 39.0 Å². The molecule has 1 amide bonds. The van der Waals surface area contributed by atoms with E-state index >= 15 is 0 Å². The second kappa shape index (κ2) is 5.00. The molecule has 1 aromatic carbocycles. The summed E-state index contributed by atoms with van der Waals surface area (Å²) < 4.78 is 27.6. The first kappa shape index (κ1) is 14.9. The van der Waals surface area contributed by atoms with Gasteiger partial charge in [0.05, 0.1) is 0 Å². The predicted octanol–water partition coefficient (Wildman–Crippen LogP) is 3.21. The van der Waals surface area contributed by atoms with Crippen LogP contribution in [0.2, 0.25) is 0 Å². The minimum absolute atomic E-state index is 0.0363. The fourth-order valence-electron chi connectivity index (χ4n) is 3.40. The molecule has 1 N–H and O–H groups in total. The number of carbonyl (C=O) groups is 2. The van der Waals surface area contributed by atoms with Gasteiger partial charge < -0.3 is 5.32 Å². The van der Waals surface area contributed by atoms with Crippen LogP contribution in [0.3, 0.4) is 0 Å². The van der Waals surface area contributed by atoms with Crippen LogP contribution >= 0.6 is 0 Å². The third-order valence-corrected chi connectivity index (χ3v) is 4.28. The van der Waals surface area contributed by atoms with Crippen LogP contribution in [0, 0.1) is 17.0 Å². The summed E-state index contributed by atoms with van der Waals surface area (Å²) >= 11 is 0. The molecular weight excluding hydrogens is 288 g/mol. The second-order valence-corrected chi connectivity index (χ2v) is 6.80. The molecule has 1 aliphatic carbocycles. The Morgan fingerprint density at radius 3 is 2.64 bits per heavy atom. The first-order chi connectivity index (χ1) is 10.3. The first-order valence-corrected chi connectivity index (χ1v) is 7.28. The average molecular weight is 305 g/mol. The van der Waals surface area contributed by atoms with Gasteiger partial charge in [0.2, 0.25) is 5.91 Å². The lowest BCUT2D eigenvalue weighted by atomic mass is 9.70. The van der Waals surface area contributed by atoms with Crippen molar-refractivity contribution in [3.8, 4) is 0 Å². The molecule has 0 radical (unpaired) electrons. The molecule has 3 nitrogen and oxygen atoms in total. The maximum absolute atomic E-state index is 14.1. The van der Waals surface area contributed by atoms with Crippen LogP contribution in [-0.4, -0.2) is 11.7 Å². The van der Waals surface area contributed by atoms with Gasteiger partial charge in [-0.2, -0.15) is 0 Å². The summed E-state index contributed by atoms with van der Waals surface area (Å²) in [4.78, 5) is 24.4. The zero-order valence-electron chi connectivity index (χ0n) is 12.5. The fourth-order valence-corrected chi connectivity index (χ4v) is 3.40. The van der Waals surface area contributed by atoms with Gasteiger partial charge in [-0.05, 0) is 35.6 Å². The van der Waals surface area contributed by atoms with Gasteiger partial charge in [0.25, 0.3) is 0 Å². The van der Waals surface area contributed by atoms with Gasteiger partial charge in [-0.1, -0.05) is 13.8 Å². The number of ketones is 1. The zero-order valence-corrected chi connectivity index (χ0v) is 12.5. The van der Waals surface area contributed by atoms with Crippen molar-refractivity contribution in [2.75, 3.05) is 0 Å². The lowest BCUT2D eigenvalue weighted by Crippen LogP contribution is -2.40. The van der Waals surface area contributed by atoms with Crippen LogP contribution < -0.4 is 5.32 Å². The van der Waals surface area contributed by atoms with E-state index in [-0.39, 0.29) is 29.1 Å². The van der Waals surface area contributed by atoms with Crippen LogP contribution in [0.5, 0.6) is 0 Å².